The maximum absolute atomic E-state index is 11.4. The molecule has 2 rings (SSSR count). The average molecular weight is 253 g/mol. The molecule has 0 radical (unpaired) electrons. The van der Waals surface area contributed by atoms with Crippen molar-refractivity contribution in [2.24, 2.45) is 0 Å². The van der Waals surface area contributed by atoms with Crippen LogP contribution in [-0.4, -0.2) is 17.6 Å². The summed E-state index contributed by atoms with van der Waals surface area (Å²) in [6, 6.07) is 4.06. The monoisotopic (exact) mass is 253 g/mol. The minimum absolute atomic E-state index is 0.341. The average Bonchev–Trinajstić information content (AvgIpc) is 2.85. The van der Waals surface area contributed by atoms with Crippen LogP contribution >= 0.6 is 22.7 Å². The second kappa shape index (κ2) is 4.76. The summed E-state index contributed by atoms with van der Waals surface area (Å²) in [5, 5.41) is 2.31. The van der Waals surface area contributed by atoms with E-state index in [1.165, 1.54) is 16.2 Å². The summed E-state index contributed by atoms with van der Waals surface area (Å²) in [6.07, 6.45) is 0. The van der Waals surface area contributed by atoms with Gasteiger partial charge in [0.05, 0.1) is 17.2 Å². The molecule has 0 aliphatic rings. The quantitative estimate of drug-likeness (QED) is 0.787. The highest BCUT2D eigenvalue weighted by Crippen LogP contribution is 2.28. The molecule has 0 aromatic carbocycles. The van der Waals surface area contributed by atoms with Crippen molar-refractivity contribution in [1.82, 2.24) is 4.98 Å². The zero-order valence-electron chi connectivity index (χ0n) is 9.02. The molecule has 0 fully saturated rings. The molecule has 0 unspecified atom stereocenters. The molecular weight excluding hydrogens is 242 g/mol. The molecule has 5 heteroatoms. The lowest BCUT2D eigenvalue weighted by molar-refractivity contribution is 0.0526. The lowest BCUT2D eigenvalue weighted by atomic mass is 10.4. The Morgan fingerprint density at radius 3 is 2.94 bits per heavy atom. The Hall–Kier alpha value is -1.20. The molecule has 0 spiro atoms. The summed E-state index contributed by atoms with van der Waals surface area (Å²) in [6.45, 7) is 4.22. The third-order valence-electron chi connectivity index (χ3n) is 1.95. The number of esters is 1. The Morgan fingerprint density at radius 1 is 1.50 bits per heavy atom. The zero-order valence-corrected chi connectivity index (χ0v) is 10.7. The van der Waals surface area contributed by atoms with Crippen molar-refractivity contribution in [3.63, 3.8) is 0 Å². The van der Waals surface area contributed by atoms with E-state index in [0.29, 0.717) is 11.6 Å². The van der Waals surface area contributed by atoms with Gasteiger partial charge in [0.25, 0.3) is 0 Å². The Labute approximate surface area is 102 Å². The number of nitrogens with zero attached hydrogens (tertiary/aromatic N) is 1. The van der Waals surface area contributed by atoms with E-state index < -0.39 is 0 Å². The number of aryl methyl sites for hydroxylation is 1. The fourth-order valence-corrected chi connectivity index (χ4v) is 2.86. The van der Waals surface area contributed by atoms with Crippen molar-refractivity contribution in [2.75, 3.05) is 6.61 Å². The van der Waals surface area contributed by atoms with Gasteiger partial charge in [-0.05, 0) is 26.0 Å². The molecule has 0 aliphatic heterocycles. The summed E-state index contributed by atoms with van der Waals surface area (Å²) in [5.74, 6) is -0.341. The number of hydrogen-bond donors (Lipinski definition) is 0. The summed E-state index contributed by atoms with van der Waals surface area (Å²) >= 11 is 2.99. The van der Waals surface area contributed by atoms with E-state index in [9.17, 15) is 4.79 Å². The molecular formula is C11H11NO2S2. The van der Waals surface area contributed by atoms with Crippen molar-refractivity contribution in [3.05, 3.63) is 27.4 Å². The third kappa shape index (κ3) is 2.31. The van der Waals surface area contributed by atoms with Crippen molar-refractivity contribution in [1.29, 1.82) is 0 Å². The van der Waals surface area contributed by atoms with Crippen molar-refractivity contribution in [2.45, 2.75) is 13.8 Å². The van der Waals surface area contributed by atoms with E-state index >= 15 is 0 Å². The first kappa shape index (κ1) is 11.3. The van der Waals surface area contributed by atoms with E-state index in [0.717, 1.165) is 10.6 Å². The van der Waals surface area contributed by atoms with Gasteiger partial charge in [0.1, 0.15) is 0 Å². The Bertz CT molecular complexity index is 502. The Balaban J connectivity index is 2.22. The van der Waals surface area contributed by atoms with Crippen LogP contribution in [0.5, 0.6) is 0 Å². The molecule has 84 valence electrons. The second-order valence-corrected chi connectivity index (χ2v) is 5.31. The first-order valence-corrected chi connectivity index (χ1v) is 6.59. The summed E-state index contributed by atoms with van der Waals surface area (Å²) in [7, 11) is 0. The largest absolute Gasteiger partial charge is 0.461 e. The SMILES string of the molecule is CCOC(=O)c1nc(-c2ccc(C)s2)cs1. The highest BCUT2D eigenvalue weighted by atomic mass is 32.1. The van der Waals surface area contributed by atoms with Gasteiger partial charge in [-0.25, -0.2) is 9.78 Å². The van der Waals surface area contributed by atoms with E-state index in [1.54, 1.807) is 18.3 Å². The Morgan fingerprint density at radius 2 is 2.31 bits per heavy atom. The van der Waals surface area contributed by atoms with Crippen LogP contribution in [0.4, 0.5) is 0 Å². The molecule has 2 heterocycles. The number of aromatic nitrogens is 1. The molecule has 0 N–H and O–H groups in total. The zero-order chi connectivity index (χ0) is 11.5. The minimum Gasteiger partial charge on any atom is -0.461 e. The number of ether oxygens (including phenoxy) is 1. The topological polar surface area (TPSA) is 39.2 Å². The maximum atomic E-state index is 11.4. The molecule has 0 bridgehead atoms. The van der Waals surface area contributed by atoms with Gasteiger partial charge in [-0.1, -0.05) is 0 Å². The number of thiazole rings is 1. The van der Waals surface area contributed by atoms with Crippen LogP contribution in [0.25, 0.3) is 10.6 Å². The molecule has 0 amide bonds. The number of thiophene rings is 1. The first-order valence-electron chi connectivity index (χ1n) is 4.90. The number of carbonyl (C=O) groups is 1. The predicted octanol–water partition coefficient (Wildman–Crippen LogP) is 3.36. The van der Waals surface area contributed by atoms with Crippen LogP contribution in [0.3, 0.4) is 0 Å². The van der Waals surface area contributed by atoms with Gasteiger partial charge in [0.2, 0.25) is 5.01 Å². The van der Waals surface area contributed by atoms with Crippen molar-refractivity contribution >= 4 is 28.6 Å². The normalized spacial score (nSPS) is 10.4. The highest BCUT2D eigenvalue weighted by molar-refractivity contribution is 7.16. The second-order valence-electron chi connectivity index (χ2n) is 3.17. The van der Waals surface area contributed by atoms with Gasteiger partial charge in [0, 0.05) is 10.3 Å². The fourth-order valence-electron chi connectivity index (χ4n) is 1.25. The van der Waals surface area contributed by atoms with E-state index in [-0.39, 0.29) is 5.97 Å². The van der Waals surface area contributed by atoms with Crippen LogP contribution in [0.2, 0.25) is 0 Å². The maximum Gasteiger partial charge on any atom is 0.367 e. The molecule has 2 aromatic heterocycles. The summed E-state index contributed by atoms with van der Waals surface area (Å²) in [5.41, 5.74) is 0.853. The van der Waals surface area contributed by atoms with E-state index in [2.05, 4.69) is 4.98 Å². The number of hydrogen-bond acceptors (Lipinski definition) is 5. The molecule has 0 saturated heterocycles. The van der Waals surface area contributed by atoms with Gasteiger partial charge in [-0.3, -0.25) is 0 Å². The molecule has 2 aromatic rings. The van der Waals surface area contributed by atoms with Crippen LogP contribution in [0, 0.1) is 6.92 Å². The molecule has 16 heavy (non-hydrogen) atoms. The first-order chi connectivity index (χ1) is 7.70. The van der Waals surface area contributed by atoms with Gasteiger partial charge in [-0.15, -0.1) is 22.7 Å². The molecule has 0 saturated carbocycles. The van der Waals surface area contributed by atoms with Crippen LogP contribution < -0.4 is 0 Å². The van der Waals surface area contributed by atoms with E-state index in [1.807, 2.05) is 24.4 Å². The molecule has 0 atom stereocenters. The Kier molecular flexibility index (Phi) is 3.36. The third-order valence-corrected chi connectivity index (χ3v) is 3.79. The van der Waals surface area contributed by atoms with Gasteiger partial charge in [-0.2, -0.15) is 0 Å². The molecule has 0 aliphatic carbocycles. The van der Waals surface area contributed by atoms with Crippen molar-refractivity contribution < 1.29 is 9.53 Å². The lowest BCUT2D eigenvalue weighted by Gasteiger charge is -1.95. The summed E-state index contributed by atoms with van der Waals surface area (Å²) < 4.78 is 4.89. The van der Waals surface area contributed by atoms with Gasteiger partial charge >= 0.3 is 5.97 Å². The summed E-state index contributed by atoms with van der Waals surface area (Å²) in [4.78, 5) is 18.0. The van der Waals surface area contributed by atoms with Crippen molar-refractivity contribution in [3.8, 4) is 10.6 Å². The predicted molar refractivity (Wildman–Crippen MR) is 66.1 cm³/mol. The minimum atomic E-state index is -0.341. The molecule has 3 nitrogen and oxygen atoms in total. The lowest BCUT2D eigenvalue weighted by Crippen LogP contribution is -2.03. The van der Waals surface area contributed by atoms with Crippen LogP contribution in [0.15, 0.2) is 17.5 Å². The van der Waals surface area contributed by atoms with Crippen LogP contribution in [-0.2, 0) is 4.74 Å². The highest BCUT2D eigenvalue weighted by Gasteiger charge is 2.13. The van der Waals surface area contributed by atoms with Gasteiger partial charge < -0.3 is 4.74 Å². The number of carbonyl (C=O) groups excluding carboxylic acids is 1. The van der Waals surface area contributed by atoms with Gasteiger partial charge in [0.15, 0.2) is 0 Å². The van der Waals surface area contributed by atoms with E-state index in [4.69, 9.17) is 4.74 Å². The standard InChI is InChI=1S/C11H11NO2S2/c1-3-14-11(13)10-12-8(6-15-10)9-5-4-7(2)16-9/h4-6H,3H2,1-2H3. The van der Waals surface area contributed by atoms with Crippen LogP contribution in [0.1, 0.15) is 21.6 Å². The number of rotatable bonds is 3. The smallest absolute Gasteiger partial charge is 0.367 e. The fraction of sp³-hybridized carbons (Fsp3) is 0.273.